The van der Waals surface area contributed by atoms with Crippen LogP contribution in [0.25, 0.3) is 0 Å². The molecule has 0 unspecified atom stereocenters. The zero-order valence-electron chi connectivity index (χ0n) is 6.44. The second kappa shape index (κ2) is 92.4. The predicted octanol–water partition coefficient (Wildman–Crippen LogP) is 2.48. The minimum absolute atomic E-state index is 0. The third kappa shape index (κ3) is 18.6. The zero-order valence-corrected chi connectivity index (χ0v) is 19.2. The molecular weight excluding hydrogens is 651 g/mol. The van der Waals surface area contributed by atoms with Crippen LogP contribution in [0.3, 0.4) is 0 Å². The maximum absolute atomic E-state index is 10.2. The van der Waals surface area contributed by atoms with Crippen molar-refractivity contribution in [2.45, 2.75) is 6.92 Å². The van der Waals surface area contributed by atoms with E-state index in [9.17, 15) is 8.78 Å². The summed E-state index contributed by atoms with van der Waals surface area (Å²) in [6, 6.07) is 0. The standard InChI is InChI=1S/C2H4F.C2H3.CH3F.FH.2Rf/c1-2-3;2*1-2;;;/h2H,1H3;1H,2H2;1H3;1H;;/q2*-1;;;;. The van der Waals surface area contributed by atoms with Gasteiger partial charge in [-0.3, -0.25) is 15.7 Å². The van der Waals surface area contributed by atoms with Crippen LogP contribution >= 0.6 is 0 Å². The minimum Gasteiger partial charge on any atom is -0.521 e. The molecular formula is C5H11F3Rf2-2. The van der Waals surface area contributed by atoms with Gasteiger partial charge in [0.05, 0.1) is 7.18 Å². The fourth-order valence-corrected chi connectivity index (χ4v) is 0. The molecule has 0 rings (SSSR count). The maximum Gasteiger partial charge on any atom is 0.0785 e. The van der Waals surface area contributed by atoms with E-state index in [1.807, 2.05) is 0 Å². The molecule has 0 aliphatic carbocycles. The van der Waals surface area contributed by atoms with E-state index in [2.05, 4.69) is 13.2 Å². The molecule has 0 aliphatic rings. The summed E-state index contributed by atoms with van der Waals surface area (Å²) in [6.45, 7) is 8.83. The summed E-state index contributed by atoms with van der Waals surface area (Å²) < 4.78 is 19.7. The van der Waals surface area contributed by atoms with Gasteiger partial charge in [0.2, 0.25) is 0 Å². The van der Waals surface area contributed by atoms with Crippen LogP contribution in [0.1, 0.15) is 6.92 Å². The van der Waals surface area contributed by atoms with Crippen LogP contribution < -0.4 is 0 Å². The summed E-state index contributed by atoms with van der Waals surface area (Å²) >= 11 is 0. The molecule has 0 N–H and O–H groups in total. The Labute approximate surface area is 48.6 Å². The zero-order chi connectivity index (χ0) is 6.71. The number of rotatable bonds is 0. The van der Waals surface area contributed by atoms with Gasteiger partial charge in [0.25, 0.3) is 0 Å². The molecule has 5 heteroatoms. The van der Waals surface area contributed by atoms with Crippen molar-refractivity contribution in [1.82, 2.24) is 0 Å². The van der Waals surface area contributed by atoms with E-state index in [4.69, 9.17) is 0 Å². The molecule has 0 fully saturated rings. The fraction of sp³-hybridized carbons (Fsp3) is 0.400. The Morgan fingerprint density at radius 3 is 1.20 bits per heavy atom. The van der Waals surface area contributed by atoms with E-state index in [0.29, 0.717) is 13.9 Å². The van der Waals surface area contributed by atoms with Gasteiger partial charge >= 0.3 is 0 Å². The molecule has 0 saturated heterocycles. The van der Waals surface area contributed by atoms with Crippen molar-refractivity contribution in [3.63, 3.8) is 0 Å². The van der Waals surface area contributed by atoms with Gasteiger partial charge in [-0.1, -0.05) is 0 Å². The Balaban J connectivity index is -0.00000000536. The molecule has 0 amide bonds. The monoisotopic (exact) mass is 662 g/mol. The first-order chi connectivity index (χ1) is 3.41. The average Bonchev–Trinajstić information content (AvgIpc) is 1.78. The van der Waals surface area contributed by atoms with Crippen LogP contribution in [0.2, 0.25) is 0 Å². The van der Waals surface area contributed by atoms with Gasteiger partial charge in [0.1, 0.15) is 0 Å². The summed E-state index contributed by atoms with van der Waals surface area (Å²) in [6.07, 6.45) is 0. The van der Waals surface area contributed by atoms with Crippen LogP contribution in [0.4, 0.5) is 13.5 Å². The molecule has 0 radical (unpaired) electrons. The Kier molecular flexibility index (Phi) is 1270. The van der Waals surface area contributed by atoms with Crippen molar-refractivity contribution < 1.29 is 13.5 Å². The molecule has 0 spiro atoms. The Morgan fingerprint density at radius 2 is 1.20 bits per heavy atom. The average molecular weight is 662 g/mol. The molecule has 0 bridgehead atoms. The van der Waals surface area contributed by atoms with Gasteiger partial charge in [-0.2, -0.15) is 13.6 Å². The van der Waals surface area contributed by atoms with E-state index in [1.54, 1.807) is 0 Å². The van der Waals surface area contributed by atoms with Crippen molar-refractivity contribution in [2.75, 3.05) is 7.18 Å². The molecule has 0 saturated carbocycles. The smallest absolute Gasteiger partial charge is 0.0785 e. The largest absolute Gasteiger partial charge is 0.521 e. The number of alkyl halides is 1. The van der Waals surface area contributed by atoms with E-state index in [-0.39, 0.29) is 4.70 Å². The fourth-order valence-electron chi connectivity index (χ4n) is 0. The molecule has 0 atom stereocenters. The van der Waals surface area contributed by atoms with E-state index >= 15 is 0 Å². The molecule has 0 aromatic heterocycles. The third-order valence-corrected chi connectivity index (χ3v) is 0. The van der Waals surface area contributed by atoms with Gasteiger partial charge < -0.3 is 11.0 Å². The molecule has 10 heavy (non-hydrogen) atoms. The van der Waals surface area contributed by atoms with E-state index in [1.165, 1.54) is 6.92 Å². The maximum atomic E-state index is 10.2. The normalized spacial score (nSPS) is 2.80. The predicted molar refractivity (Wildman–Crippen MR) is 30.5 cm³/mol. The molecule has 0 aromatic carbocycles. The van der Waals surface area contributed by atoms with Crippen LogP contribution in [-0.4, -0.2) is 7.18 Å². The van der Waals surface area contributed by atoms with Crippen molar-refractivity contribution in [1.29, 1.82) is 0 Å². The molecule has 58 valence electrons. The molecule has 0 aromatic rings. The Hall–Kier alpha value is -2.47. The number of halogens is 3. The van der Waals surface area contributed by atoms with Crippen LogP contribution in [0, 0.1) is 13.3 Å². The quantitative estimate of drug-likeness (QED) is 0.351. The molecule has 0 aliphatic heterocycles. The van der Waals surface area contributed by atoms with E-state index < -0.39 is 0 Å². The summed E-state index contributed by atoms with van der Waals surface area (Å²) in [7, 11) is 0.500. The summed E-state index contributed by atoms with van der Waals surface area (Å²) in [5, 5.41) is 0. The summed E-state index contributed by atoms with van der Waals surface area (Å²) in [5.74, 6) is 0. The van der Waals surface area contributed by atoms with Gasteiger partial charge in [0.15, 0.2) is 0 Å². The first-order valence-electron chi connectivity index (χ1n) is 1.58. The van der Waals surface area contributed by atoms with Gasteiger partial charge in [-0.15, -0.1) is 0 Å². The Morgan fingerprint density at radius 1 is 1.20 bits per heavy atom. The van der Waals surface area contributed by atoms with Gasteiger partial charge in [-0.05, 0) is 0 Å². The summed E-state index contributed by atoms with van der Waals surface area (Å²) in [4.78, 5) is 0. The molecule has 0 heterocycles. The van der Waals surface area contributed by atoms with Crippen molar-refractivity contribution >= 4 is 0 Å². The summed E-state index contributed by atoms with van der Waals surface area (Å²) in [5.41, 5.74) is 0. The van der Waals surface area contributed by atoms with Gasteiger partial charge in [0, 0.05) is 0 Å². The molecule has 0 nitrogen and oxygen atoms in total. The van der Waals surface area contributed by atoms with Crippen LogP contribution in [-0.2, 0) is 0 Å². The second-order valence-corrected chi connectivity index (χ2v) is 0.218. The second-order valence-electron chi connectivity index (χ2n) is 0.218. The van der Waals surface area contributed by atoms with Crippen LogP contribution in [0.15, 0.2) is 6.58 Å². The van der Waals surface area contributed by atoms with Crippen molar-refractivity contribution in [3.05, 3.63) is 19.8 Å². The first-order valence-corrected chi connectivity index (χ1v) is 1.58. The number of hydrogen-bond acceptors (Lipinski definition) is 0. The van der Waals surface area contributed by atoms with Gasteiger partial charge in [-0.25, -0.2) is 0 Å². The van der Waals surface area contributed by atoms with Crippen molar-refractivity contribution in [3.8, 4) is 0 Å². The van der Waals surface area contributed by atoms with Crippen molar-refractivity contribution in [2.24, 2.45) is 0 Å². The third-order valence-electron chi connectivity index (χ3n) is 0. The number of hydrogen-bond donors (Lipinski definition) is 0. The SMILES string of the molecule is CF.C[CH-]F.F.[CH-]=C.[Rf].[Rf]. The topological polar surface area (TPSA) is 0 Å². The Bertz CT molecular complexity index is 18.9. The van der Waals surface area contributed by atoms with E-state index in [0.717, 1.165) is 0 Å². The van der Waals surface area contributed by atoms with Crippen LogP contribution in [0.5, 0.6) is 0 Å². The minimum atomic E-state index is 0. The first kappa shape index (κ1) is 137.